The van der Waals surface area contributed by atoms with Crippen LogP contribution in [0, 0.1) is 0 Å². The van der Waals surface area contributed by atoms with Crippen LogP contribution in [0.25, 0.3) is 0 Å². The zero-order valence-corrected chi connectivity index (χ0v) is 11.5. The predicted molar refractivity (Wildman–Crippen MR) is 59.0 cm³/mol. The molecule has 0 saturated carbocycles. The van der Waals surface area contributed by atoms with E-state index in [1.165, 1.54) is 8.86 Å². The number of nitrogens with zero attached hydrogens (tertiary/aromatic N) is 1. The van der Waals surface area contributed by atoms with E-state index in [4.69, 9.17) is 0 Å². The third kappa shape index (κ3) is 11.1. The molecule has 0 bridgehead atoms. The molecule has 0 fully saturated rings. The van der Waals surface area contributed by atoms with Gasteiger partial charge in [0.1, 0.15) is 0 Å². The van der Waals surface area contributed by atoms with Crippen LogP contribution in [0.5, 0.6) is 0 Å². The van der Waals surface area contributed by atoms with E-state index in [0.717, 1.165) is 26.2 Å². The van der Waals surface area contributed by atoms with Crippen LogP contribution in [-0.2, 0) is 0 Å². The Balaban J connectivity index is 2.77. The standard InChI is InChI=1S/C7H16I2N3/c1-10-5-3-9-12-7-6-11-4-2-8/h11-12H,1-7H2/q-1. The van der Waals surface area contributed by atoms with Crippen molar-refractivity contribution in [3.05, 3.63) is 0 Å². The van der Waals surface area contributed by atoms with Gasteiger partial charge in [-0.25, -0.2) is 0 Å². The molecule has 0 spiro atoms. The van der Waals surface area contributed by atoms with Gasteiger partial charge in [0.05, 0.1) is 0 Å². The number of hydrogen-bond donors (Lipinski definition) is 2. The van der Waals surface area contributed by atoms with Crippen LogP contribution in [0.2, 0.25) is 0 Å². The van der Waals surface area contributed by atoms with Crippen molar-refractivity contribution in [2.75, 3.05) is 35.0 Å². The zero-order valence-electron chi connectivity index (χ0n) is 7.15. The maximum absolute atomic E-state index is 3.80. The second-order valence-corrected chi connectivity index (χ2v) is 5.78. The number of aliphatic imine (C=N–C) groups is 1. The van der Waals surface area contributed by atoms with Gasteiger partial charge in [-0.3, -0.25) is 0 Å². The first-order valence-corrected chi connectivity index (χ1v) is 8.05. The van der Waals surface area contributed by atoms with Gasteiger partial charge in [0.2, 0.25) is 0 Å². The Morgan fingerprint density at radius 2 is 2.17 bits per heavy atom. The fourth-order valence-electron chi connectivity index (χ4n) is 0.563. The van der Waals surface area contributed by atoms with E-state index in [9.17, 15) is 0 Å². The summed E-state index contributed by atoms with van der Waals surface area (Å²) in [6.07, 6.45) is 0. The monoisotopic (exact) mass is 396 g/mol. The van der Waals surface area contributed by atoms with Gasteiger partial charge in [0.15, 0.2) is 0 Å². The van der Waals surface area contributed by atoms with Crippen LogP contribution in [0.15, 0.2) is 4.99 Å². The molecule has 12 heavy (non-hydrogen) atoms. The van der Waals surface area contributed by atoms with Gasteiger partial charge in [0, 0.05) is 0 Å². The molecular weight excluding hydrogens is 380 g/mol. The van der Waals surface area contributed by atoms with Crippen LogP contribution < -0.4 is 30.3 Å². The number of halogens is 2. The van der Waals surface area contributed by atoms with Crippen molar-refractivity contribution >= 4 is 29.3 Å². The summed E-state index contributed by atoms with van der Waals surface area (Å²) in [6, 6.07) is 0. The molecule has 0 radical (unpaired) electrons. The Hall–Kier alpha value is 1.05. The van der Waals surface area contributed by atoms with Crippen LogP contribution in [-0.4, -0.2) is 41.8 Å². The summed E-state index contributed by atoms with van der Waals surface area (Å²) in [4.78, 5) is 3.80. The van der Waals surface area contributed by atoms with Crippen molar-refractivity contribution in [1.29, 1.82) is 0 Å². The van der Waals surface area contributed by atoms with Gasteiger partial charge >= 0.3 is 99.7 Å². The molecule has 0 atom stereocenters. The SMILES string of the molecule is C=NCC[I-]NCCNCCI. The molecule has 5 heteroatoms. The minimum absolute atomic E-state index is 0.171. The van der Waals surface area contributed by atoms with Crippen molar-refractivity contribution < 1.29 is 21.5 Å². The van der Waals surface area contributed by atoms with E-state index < -0.39 is 0 Å². The van der Waals surface area contributed by atoms with E-state index >= 15 is 0 Å². The molecule has 0 unspecified atom stereocenters. The second-order valence-electron chi connectivity index (χ2n) is 2.09. The third-order valence-corrected chi connectivity index (χ3v) is 3.74. The molecule has 0 aliphatic heterocycles. The molecule has 0 aromatic rings. The van der Waals surface area contributed by atoms with E-state index in [2.05, 4.69) is 43.1 Å². The molecule has 0 aromatic carbocycles. The fourth-order valence-corrected chi connectivity index (χ4v) is 2.56. The van der Waals surface area contributed by atoms with Crippen molar-refractivity contribution in [2.45, 2.75) is 0 Å². The third-order valence-electron chi connectivity index (χ3n) is 1.10. The zero-order chi connectivity index (χ0) is 9.07. The van der Waals surface area contributed by atoms with Crippen molar-refractivity contribution in [3.8, 4) is 0 Å². The Bertz CT molecular complexity index is 101. The maximum atomic E-state index is 3.80. The molecule has 3 nitrogen and oxygen atoms in total. The first-order chi connectivity index (χ1) is 5.91. The predicted octanol–water partition coefficient (Wildman–Crippen LogP) is -2.69. The average molecular weight is 396 g/mol. The number of alkyl halides is 2. The summed E-state index contributed by atoms with van der Waals surface area (Å²) in [5, 5.41) is 3.34. The summed E-state index contributed by atoms with van der Waals surface area (Å²) in [5.41, 5.74) is 0. The van der Waals surface area contributed by atoms with Crippen LogP contribution in [0.3, 0.4) is 0 Å². The van der Waals surface area contributed by atoms with E-state index in [0.29, 0.717) is 0 Å². The van der Waals surface area contributed by atoms with Gasteiger partial charge in [-0.05, 0) is 0 Å². The quantitative estimate of drug-likeness (QED) is 0.147. The van der Waals surface area contributed by atoms with Crippen LogP contribution >= 0.6 is 22.6 Å². The number of rotatable bonds is 9. The van der Waals surface area contributed by atoms with Crippen LogP contribution in [0.1, 0.15) is 0 Å². The summed E-state index contributed by atoms with van der Waals surface area (Å²) in [6.45, 7) is 7.67. The van der Waals surface area contributed by atoms with Gasteiger partial charge in [-0.15, -0.1) is 0 Å². The van der Waals surface area contributed by atoms with Crippen LogP contribution in [0.4, 0.5) is 0 Å². The fraction of sp³-hybridized carbons (Fsp3) is 0.857. The number of nitrogens with one attached hydrogen (secondary N) is 2. The summed E-state index contributed by atoms with van der Waals surface area (Å²) < 4.78 is 5.83. The average Bonchev–Trinajstić information content (AvgIpc) is 2.10. The Labute approximate surface area is 98.9 Å². The molecule has 0 aliphatic rings. The van der Waals surface area contributed by atoms with E-state index in [1.807, 2.05) is 0 Å². The summed E-state index contributed by atoms with van der Waals surface area (Å²) in [5.74, 6) is 0. The van der Waals surface area contributed by atoms with E-state index in [-0.39, 0.29) is 21.5 Å². The summed E-state index contributed by atoms with van der Waals surface area (Å²) in [7, 11) is 0. The van der Waals surface area contributed by atoms with E-state index in [1.54, 1.807) is 0 Å². The summed E-state index contributed by atoms with van der Waals surface area (Å²) >= 11 is 2.54. The molecular formula is C7H16I2N3-. The molecule has 0 heterocycles. The van der Waals surface area contributed by atoms with Crippen molar-refractivity contribution in [3.63, 3.8) is 0 Å². The Kier molecular flexibility index (Phi) is 13.1. The molecule has 0 amide bonds. The second kappa shape index (κ2) is 12.0. The first kappa shape index (κ1) is 13.1. The van der Waals surface area contributed by atoms with Gasteiger partial charge in [-0.2, -0.15) is 0 Å². The topological polar surface area (TPSA) is 36.4 Å². The van der Waals surface area contributed by atoms with Crippen molar-refractivity contribution in [2.24, 2.45) is 4.99 Å². The molecule has 2 N–H and O–H groups in total. The Morgan fingerprint density at radius 3 is 2.83 bits per heavy atom. The molecule has 0 aromatic heterocycles. The molecule has 74 valence electrons. The van der Waals surface area contributed by atoms with Crippen molar-refractivity contribution in [1.82, 2.24) is 8.85 Å². The molecule has 0 aliphatic carbocycles. The van der Waals surface area contributed by atoms with Gasteiger partial charge in [-0.1, -0.05) is 0 Å². The molecule has 0 rings (SSSR count). The minimum atomic E-state index is 0.171. The molecule has 0 saturated heterocycles. The van der Waals surface area contributed by atoms with Gasteiger partial charge < -0.3 is 0 Å². The first-order valence-electron chi connectivity index (χ1n) is 3.92. The normalized spacial score (nSPS) is 10.4. The Morgan fingerprint density at radius 1 is 1.33 bits per heavy atom. The number of hydrogen-bond acceptors (Lipinski definition) is 3. The van der Waals surface area contributed by atoms with Gasteiger partial charge in [0.25, 0.3) is 0 Å².